The Morgan fingerprint density at radius 3 is 2.50 bits per heavy atom. The molecule has 0 aliphatic rings. The van der Waals surface area contributed by atoms with Crippen LogP contribution in [0.5, 0.6) is 0 Å². The lowest BCUT2D eigenvalue weighted by atomic mass is 10.2. The lowest BCUT2D eigenvalue weighted by Crippen LogP contribution is -2.17. The molecule has 2 aromatic heterocycles. The zero-order chi connectivity index (χ0) is 15.1. The third-order valence-corrected chi connectivity index (χ3v) is 3.90. The molecule has 0 bridgehead atoms. The van der Waals surface area contributed by atoms with Gasteiger partial charge in [-0.05, 0) is 19.1 Å². The van der Waals surface area contributed by atoms with Crippen molar-refractivity contribution >= 4 is 21.9 Å². The number of hydrogen-bond acceptors (Lipinski definition) is 7. The zero-order valence-corrected chi connectivity index (χ0v) is 11.6. The number of aromatic nitrogens is 4. The van der Waals surface area contributed by atoms with Crippen molar-refractivity contribution < 1.29 is 22.7 Å². The van der Waals surface area contributed by atoms with Gasteiger partial charge in [-0.1, -0.05) is 5.10 Å². The number of nitrogens with zero attached hydrogens (tertiary/aromatic N) is 4. The van der Waals surface area contributed by atoms with Crippen molar-refractivity contribution in [3.05, 3.63) is 17.1 Å². The van der Waals surface area contributed by atoms with Crippen LogP contribution in [0.4, 0.5) is 5.95 Å². The number of carboxylic acid groups (broad SMARTS) is 1. The van der Waals surface area contributed by atoms with Crippen LogP contribution in [0.15, 0.2) is 9.31 Å². The SMILES string of the molecule is Cc1oc(C)c(S(=O)(=O)Nc2nnn(C)n2)c1C(=O)O. The second-order valence-electron chi connectivity index (χ2n) is 3.93. The van der Waals surface area contributed by atoms with Gasteiger partial charge in [-0.25, -0.2) is 17.9 Å². The number of hydrogen-bond donors (Lipinski definition) is 2. The fourth-order valence-electron chi connectivity index (χ4n) is 1.73. The van der Waals surface area contributed by atoms with Gasteiger partial charge in [0.05, 0.1) is 7.05 Å². The van der Waals surface area contributed by atoms with Crippen LogP contribution in [0.2, 0.25) is 0 Å². The summed E-state index contributed by atoms with van der Waals surface area (Å²) in [4.78, 5) is 11.8. The first kappa shape index (κ1) is 14.0. The van der Waals surface area contributed by atoms with Crippen LogP contribution < -0.4 is 4.72 Å². The summed E-state index contributed by atoms with van der Waals surface area (Å²) in [6.45, 7) is 2.73. The summed E-state index contributed by atoms with van der Waals surface area (Å²) in [7, 11) is -2.73. The predicted molar refractivity (Wildman–Crippen MR) is 64.7 cm³/mol. The Kier molecular flexibility index (Phi) is 3.21. The molecule has 0 amide bonds. The Labute approximate surface area is 113 Å². The van der Waals surface area contributed by atoms with Crippen LogP contribution in [0.3, 0.4) is 0 Å². The molecule has 0 unspecified atom stereocenters. The summed E-state index contributed by atoms with van der Waals surface area (Å²) in [6, 6.07) is 0. The van der Waals surface area contributed by atoms with Crippen LogP contribution in [-0.4, -0.2) is 39.7 Å². The quantitative estimate of drug-likeness (QED) is 0.798. The van der Waals surface area contributed by atoms with Crippen LogP contribution in [-0.2, 0) is 17.1 Å². The maximum absolute atomic E-state index is 12.2. The highest BCUT2D eigenvalue weighted by atomic mass is 32.2. The third kappa shape index (κ3) is 2.34. The molecule has 108 valence electrons. The smallest absolute Gasteiger partial charge is 0.340 e. The van der Waals surface area contributed by atoms with Gasteiger partial charge in [0.1, 0.15) is 22.0 Å². The van der Waals surface area contributed by atoms with E-state index in [9.17, 15) is 13.2 Å². The molecule has 2 rings (SSSR count). The molecule has 0 saturated heterocycles. The van der Waals surface area contributed by atoms with Gasteiger partial charge in [0.25, 0.3) is 16.0 Å². The molecule has 0 aliphatic heterocycles. The number of furan rings is 1. The van der Waals surface area contributed by atoms with E-state index in [1.165, 1.54) is 20.9 Å². The Morgan fingerprint density at radius 2 is 2.00 bits per heavy atom. The van der Waals surface area contributed by atoms with E-state index in [0.717, 1.165) is 4.80 Å². The molecule has 0 aromatic carbocycles. The first-order chi connectivity index (χ1) is 9.22. The number of carboxylic acids is 1. The van der Waals surface area contributed by atoms with Gasteiger partial charge in [0.2, 0.25) is 0 Å². The largest absolute Gasteiger partial charge is 0.478 e. The number of aromatic carboxylic acids is 1. The third-order valence-electron chi connectivity index (χ3n) is 2.42. The predicted octanol–water partition coefficient (Wildman–Crippen LogP) is -0.0811. The second-order valence-corrected chi connectivity index (χ2v) is 5.55. The Balaban J connectivity index is 2.52. The minimum Gasteiger partial charge on any atom is -0.478 e. The van der Waals surface area contributed by atoms with Gasteiger partial charge in [-0.15, -0.1) is 5.10 Å². The molecule has 0 fully saturated rings. The maximum Gasteiger partial charge on any atom is 0.340 e. The highest BCUT2D eigenvalue weighted by Crippen LogP contribution is 2.27. The van der Waals surface area contributed by atoms with Crippen molar-refractivity contribution in [2.75, 3.05) is 4.72 Å². The lowest BCUT2D eigenvalue weighted by Gasteiger charge is -2.04. The molecular weight excluding hydrogens is 290 g/mol. The van der Waals surface area contributed by atoms with E-state index in [1.54, 1.807) is 0 Å². The molecule has 0 spiro atoms. The van der Waals surface area contributed by atoms with Crippen LogP contribution in [0.25, 0.3) is 0 Å². The van der Waals surface area contributed by atoms with Crippen LogP contribution in [0.1, 0.15) is 21.9 Å². The molecule has 2 aromatic rings. The van der Waals surface area contributed by atoms with Crippen molar-refractivity contribution in [3.8, 4) is 0 Å². The molecule has 0 radical (unpaired) electrons. The fraction of sp³-hybridized carbons (Fsp3) is 0.333. The standard InChI is InChI=1S/C9H11N5O5S/c1-4-6(8(15)16)7(5(2)19-4)20(17,18)12-9-10-13-14(3)11-9/h1-3H3,(H,11,12)(H,15,16). The summed E-state index contributed by atoms with van der Waals surface area (Å²) >= 11 is 0. The van der Waals surface area contributed by atoms with Gasteiger partial charge in [-0.2, -0.15) is 4.80 Å². The first-order valence-corrected chi connectivity index (χ1v) is 6.81. The summed E-state index contributed by atoms with van der Waals surface area (Å²) in [5.41, 5.74) is -0.418. The minimum atomic E-state index is -4.19. The van der Waals surface area contributed by atoms with Gasteiger partial charge in [0, 0.05) is 0 Å². The van der Waals surface area contributed by atoms with Gasteiger partial charge in [0.15, 0.2) is 0 Å². The monoisotopic (exact) mass is 301 g/mol. The van der Waals surface area contributed by atoms with E-state index in [2.05, 4.69) is 15.4 Å². The zero-order valence-electron chi connectivity index (χ0n) is 10.8. The number of sulfonamides is 1. The van der Waals surface area contributed by atoms with E-state index < -0.39 is 26.5 Å². The van der Waals surface area contributed by atoms with E-state index in [4.69, 9.17) is 9.52 Å². The van der Waals surface area contributed by atoms with Gasteiger partial charge < -0.3 is 9.52 Å². The normalized spacial score (nSPS) is 11.6. The Bertz CT molecular complexity index is 775. The lowest BCUT2D eigenvalue weighted by molar-refractivity contribution is 0.0691. The van der Waals surface area contributed by atoms with Crippen LogP contribution >= 0.6 is 0 Å². The summed E-state index contributed by atoms with van der Waals surface area (Å²) in [5, 5.41) is 19.7. The van der Waals surface area contributed by atoms with E-state index in [1.807, 2.05) is 4.72 Å². The molecule has 20 heavy (non-hydrogen) atoms. The highest BCUT2D eigenvalue weighted by Gasteiger charge is 2.31. The number of rotatable bonds is 4. The molecule has 2 N–H and O–H groups in total. The molecule has 11 heteroatoms. The molecule has 0 saturated carbocycles. The average Bonchev–Trinajstić information content (AvgIpc) is 2.81. The fourth-order valence-corrected chi connectivity index (χ4v) is 3.07. The summed E-state index contributed by atoms with van der Waals surface area (Å²) in [5.74, 6) is -1.69. The molecule has 10 nitrogen and oxygen atoms in total. The van der Waals surface area contributed by atoms with E-state index >= 15 is 0 Å². The average molecular weight is 301 g/mol. The molecular formula is C9H11N5O5S. The topological polar surface area (TPSA) is 140 Å². The van der Waals surface area contributed by atoms with Gasteiger partial charge in [-0.3, -0.25) is 0 Å². The van der Waals surface area contributed by atoms with E-state index in [0.29, 0.717) is 0 Å². The van der Waals surface area contributed by atoms with Gasteiger partial charge >= 0.3 is 5.97 Å². The molecule has 0 atom stereocenters. The highest BCUT2D eigenvalue weighted by molar-refractivity contribution is 7.92. The number of carbonyl (C=O) groups is 1. The molecule has 0 aliphatic carbocycles. The summed E-state index contributed by atoms with van der Waals surface area (Å²) < 4.78 is 31.6. The van der Waals surface area contributed by atoms with Crippen molar-refractivity contribution in [1.29, 1.82) is 0 Å². The number of tetrazole rings is 1. The molecule has 2 heterocycles. The Morgan fingerprint density at radius 1 is 1.35 bits per heavy atom. The van der Waals surface area contributed by atoms with Crippen molar-refractivity contribution in [2.24, 2.45) is 7.05 Å². The summed E-state index contributed by atoms with van der Waals surface area (Å²) in [6.07, 6.45) is 0. The maximum atomic E-state index is 12.2. The number of nitrogens with one attached hydrogen (secondary N) is 1. The van der Waals surface area contributed by atoms with E-state index in [-0.39, 0.29) is 17.5 Å². The number of anilines is 1. The second kappa shape index (κ2) is 4.59. The van der Waals surface area contributed by atoms with Crippen molar-refractivity contribution in [2.45, 2.75) is 18.7 Å². The number of aryl methyl sites for hydroxylation is 3. The first-order valence-electron chi connectivity index (χ1n) is 5.32. The van der Waals surface area contributed by atoms with Crippen molar-refractivity contribution in [1.82, 2.24) is 20.2 Å². The Hall–Kier alpha value is -2.43. The van der Waals surface area contributed by atoms with Crippen molar-refractivity contribution in [3.63, 3.8) is 0 Å². The van der Waals surface area contributed by atoms with Crippen LogP contribution in [0, 0.1) is 13.8 Å². The minimum absolute atomic E-state index is 0.00230.